The second-order valence-electron chi connectivity index (χ2n) is 11.7. The number of nitrogens with zero attached hydrogens (tertiary/aromatic N) is 2. The molecule has 1 atom stereocenters. The maximum Gasteiger partial charge on any atom is 0.420 e. The summed E-state index contributed by atoms with van der Waals surface area (Å²) in [5.41, 5.74) is 4.52. The van der Waals surface area contributed by atoms with Crippen LogP contribution in [0, 0.1) is 13.8 Å². The molecule has 2 heterocycles. The van der Waals surface area contributed by atoms with E-state index in [-0.39, 0.29) is 18.1 Å². The number of hydrogen-bond acceptors (Lipinski definition) is 8. The topological polar surface area (TPSA) is 100 Å². The molecule has 2 aromatic heterocycles. The number of aryl methyl sites for hydroxylation is 2. The SMILES string of the molecule is COc1ccc(COc2c(C(O)C(F)(F)F)nc3ccc(C)cc3c2Br)cc1.COc1ccc(COc2c(C=O)nc3ccc(C)cc3c2Br)cc1. The minimum absolute atomic E-state index is 0.000820. The number of fused-ring (bicyclic) bond motifs is 2. The molecular weight excluding hydrogens is 809 g/mol. The van der Waals surface area contributed by atoms with Gasteiger partial charge >= 0.3 is 6.18 Å². The maximum atomic E-state index is 13.2. The van der Waals surface area contributed by atoms with E-state index in [0.29, 0.717) is 39.8 Å². The highest BCUT2D eigenvalue weighted by molar-refractivity contribution is 9.11. The third-order valence-corrected chi connectivity index (χ3v) is 9.46. The number of hydrogen-bond donors (Lipinski definition) is 1. The van der Waals surface area contributed by atoms with Crippen molar-refractivity contribution in [3.63, 3.8) is 0 Å². The van der Waals surface area contributed by atoms with Gasteiger partial charge in [-0.25, -0.2) is 9.97 Å². The first-order valence-electron chi connectivity index (χ1n) is 15.7. The van der Waals surface area contributed by atoms with Gasteiger partial charge in [-0.05, 0) is 105 Å². The maximum absolute atomic E-state index is 13.2. The van der Waals surface area contributed by atoms with Gasteiger partial charge in [-0.15, -0.1) is 0 Å². The molecule has 0 bridgehead atoms. The molecule has 0 radical (unpaired) electrons. The van der Waals surface area contributed by atoms with Crippen molar-refractivity contribution in [2.75, 3.05) is 14.2 Å². The van der Waals surface area contributed by atoms with Crippen LogP contribution in [-0.2, 0) is 13.2 Å². The number of aliphatic hydroxyl groups excluding tert-OH is 1. The summed E-state index contributed by atoms with van der Waals surface area (Å²) in [7, 11) is 3.16. The smallest absolute Gasteiger partial charge is 0.420 e. The van der Waals surface area contributed by atoms with Crippen molar-refractivity contribution < 1.29 is 42.0 Å². The fourth-order valence-corrected chi connectivity index (χ4v) is 6.40. The molecule has 270 valence electrons. The molecule has 0 aliphatic heterocycles. The first-order valence-corrected chi connectivity index (χ1v) is 17.3. The zero-order valence-corrected chi connectivity index (χ0v) is 31.6. The van der Waals surface area contributed by atoms with E-state index < -0.39 is 18.0 Å². The van der Waals surface area contributed by atoms with Gasteiger partial charge in [0, 0.05) is 10.8 Å². The first-order chi connectivity index (χ1) is 24.8. The highest BCUT2D eigenvalue weighted by Crippen LogP contribution is 2.43. The Morgan fingerprint density at radius 3 is 1.60 bits per heavy atom. The van der Waals surface area contributed by atoms with Gasteiger partial charge in [-0.2, -0.15) is 13.2 Å². The van der Waals surface area contributed by atoms with Crippen LogP contribution in [0.4, 0.5) is 13.2 Å². The number of carbonyl (C=O) groups excluding carboxylic acids is 1. The van der Waals surface area contributed by atoms with Crippen LogP contribution >= 0.6 is 31.9 Å². The Bertz CT molecular complexity index is 2200. The van der Waals surface area contributed by atoms with Crippen LogP contribution in [0.15, 0.2) is 93.9 Å². The lowest BCUT2D eigenvalue weighted by molar-refractivity contribution is -0.208. The van der Waals surface area contributed by atoms with E-state index in [1.54, 1.807) is 49.6 Å². The molecule has 6 rings (SSSR count). The third-order valence-electron chi connectivity index (χ3n) is 7.89. The number of rotatable bonds is 10. The average molecular weight is 843 g/mol. The van der Waals surface area contributed by atoms with Crippen molar-refractivity contribution in [3.05, 3.63) is 128 Å². The predicted octanol–water partition coefficient (Wildman–Crippen LogP) is 10.2. The van der Waals surface area contributed by atoms with E-state index in [1.165, 1.54) is 7.11 Å². The van der Waals surface area contributed by atoms with Gasteiger partial charge in [0.25, 0.3) is 0 Å². The normalized spacial score (nSPS) is 11.8. The van der Waals surface area contributed by atoms with Crippen LogP contribution in [0.1, 0.15) is 44.5 Å². The molecule has 0 saturated heterocycles. The molecule has 4 aromatic carbocycles. The Labute approximate surface area is 314 Å². The van der Waals surface area contributed by atoms with E-state index in [0.717, 1.165) is 43.4 Å². The number of halogens is 5. The van der Waals surface area contributed by atoms with E-state index in [2.05, 4.69) is 41.8 Å². The predicted molar refractivity (Wildman–Crippen MR) is 199 cm³/mol. The molecule has 0 aliphatic rings. The largest absolute Gasteiger partial charge is 0.497 e. The average Bonchev–Trinajstić information content (AvgIpc) is 3.14. The Balaban J connectivity index is 0.000000203. The molecule has 13 heteroatoms. The van der Waals surface area contributed by atoms with Gasteiger partial charge in [0.15, 0.2) is 23.9 Å². The van der Waals surface area contributed by atoms with Gasteiger partial charge in [-0.3, -0.25) is 4.79 Å². The molecule has 52 heavy (non-hydrogen) atoms. The van der Waals surface area contributed by atoms with Crippen LogP contribution in [0.2, 0.25) is 0 Å². The number of aromatic nitrogens is 2. The summed E-state index contributed by atoms with van der Waals surface area (Å²) in [6.45, 7) is 4.21. The number of alkyl halides is 3. The van der Waals surface area contributed by atoms with Crippen molar-refractivity contribution in [2.24, 2.45) is 0 Å². The summed E-state index contributed by atoms with van der Waals surface area (Å²) >= 11 is 6.89. The lowest BCUT2D eigenvalue weighted by atomic mass is 10.1. The van der Waals surface area contributed by atoms with Crippen molar-refractivity contribution in [3.8, 4) is 23.0 Å². The van der Waals surface area contributed by atoms with Gasteiger partial charge in [-0.1, -0.05) is 47.5 Å². The zero-order valence-electron chi connectivity index (χ0n) is 28.4. The van der Waals surface area contributed by atoms with E-state index in [1.807, 2.05) is 56.3 Å². The molecular formula is C39H33Br2F3N2O6. The number of pyridine rings is 2. The fourth-order valence-electron chi connectivity index (χ4n) is 5.13. The molecule has 0 spiro atoms. The summed E-state index contributed by atoms with van der Waals surface area (Å²) in [4.78, 5) is 19.8. The monoisotopic (exact) mass is 840 g/mol. The van der Waals surface area contributed by atoms with Crippen LogP contribution in [0.25, 0.3) is 21.8 Å². The number of benzene rings is 4. The first kappa shape index (κ1) is 38.5. The highest BCUT2D eigenvalue weighted by Gasteiger charge is 2.43. The zero-order chi connectivity index (χ0) is 37.6. The molecule has 1 N–H and O–H groups in total. The second-order valence-corrected chi connectivity index (χ2v) is 13.2. The van der Waals surface area contributed by atoms with Crippen LogP contribution in [0.5, 0.6) is 23.0 Å². The summed E-state index contributed by atoms with van der Waals surface area (Å²) in [6, 6.07) is 25.5. The van der Waals surface area contributed by atoms with Crippen molar-refractivity contribution >= 4 is 60.0 Å². The number of aldehydes is 1. The molecule has 0 aliphatic carbocycles. The Morgan fingerprint density at radius 2 is 1.15 bits per heavy atom. The third kappa shape index (κ3) is 9.01. The Kier molecular flexibility index (Phi) is 12.4. The van der Waals surface area contributed by atoms with Gasteiger partial charge < -0.3 is 24.1 Å². The Hall–Kier alpha value is -4.72. The standard InChI is InChI=1S/C20H17BrF3NO3.C19H16BrNO3/c1-11-3-8-15-14(9-11)16(21)18(17(25-15)19(26)20(22,23)24)28-10-12-4-6-13(27-2)7-5-12;1-12-3-8-16-15(9-12)18(20)19(17(10-22)21-16)24-11-13-4-6-14(23-2)7-5-13/h3-9,19,26H,10H2,1-2H3;3-10H,11H2,1-2H3. The fraction of sp³-hybridized carbons (Fsp3) is 0.205. The second kappa shape index (κ2) is 16.7. The van der Waals surface area contributed by atoms with Crippen molar-refractivity contribution in [2.45, 2.75) is 39.3 Å². The van der Waals surface area contributed by atoms with Crippen LogP contribution in [0.3, 0.4) is 0 Å². The van der Waals surface area contributed by atoms with E-state index in [9.17, 15) is 23.1 Å². The lowest BCUT2D eigenvalue weighted by Crippen LogP contribution is -2.22. The molecule has 0 saturated carbocycles. The summed E-state index contributed by atoms with van der Waals surface area (Å²) < 4.78 is 62.4. The number of aliphatic hydroxyl groups is 1. The van der Waals surface area contributed by atoms with Crippen LogP contribution < -0.4 is 18.9 Å². The van der Waals surface area contributed by atoms with E-state index in [4.69, 9.17) is 18.9 Å². The molecule has 8 nitrogen and oxygen atoms in total. The quantitative estimate of drug-likeness (QED) is 0.136. The van der Waals surface area contributed by atoms with Gasteiger partial charge in [0.2, 0.25) is 0 Å². The minimum atomic E-state index is -4.87. The lowest BCUT2D eigenvalue weighted by Gasteiger charge is -2.20. The number of ether oxygens (including phenoxy) is 4. The molecule has 1 unspecified atom stereocenters. The molecule has 0 fully saturated rings. The molecule has 0 amide bonds. The summed E-state index contributed by atoms with van der Waals surface area (Å²) in [6.07, 6.45) is -6.92. The minimum Gasteiger partial charge on any atom is -0.497 e. The van der Waals surface area contributed by atoms with Crippen molar-refractivity contribution in [1.29, 1.82) is 0 Å². The summed E-state index contributed by atoms with van der Waals surface area (Å²) in [5, 5.41) is 11.4. The number of methoxy groups -OCH3 is 2. The van der Waals surface area contributed by atoms with Gasteiger partial charge in [0.1, 0.15) is 36.1 Å². The highest BCUT2D eigenvalue weighted by atomic mass is 79.9. The van der Waals surface area contributed by atoms with Crippen LogP contribution in [-0.4, -0.2) is 41.8 Å². The summed E-state index contributed by atoms with van der Waals surface area (Å²) in [5.74, 6) is 1.76. The van der Waals surface area contributed by atoms with Crippen molar-refractivity contribution in [1.82, 2.24) is 9.97 Å². The number of carbonyl (C=O) groups is 1. The van der Waals surface area contributed by atoms with Gasteiger partial charge in [0.05, 0.1) is 34.2 Å². The van der Waals surface area contributed by atoms with E-state index >= 15 is 0 Å². The molecule has 6 aromatic rings. The Morgan fingerprint density at radius 1 is 0.712 bits per heavy atom.